The molecule has 2 bridgehead atoms. The van der Waals surface area contributed by atoms with Crippen molar-refractivity contribution < 1.29 is 0 Å². The number of aryl methyl sites for hydroxylation is 3. The Morgan fingerprint density at radius 1 is 0.549 bits per heavy atom. The van der Waals surface area contributed by atoms with Crippen molar-refractivity contribution in [2.24, 2.45) is 0 Å². The predicted molar refractivity (Wildman–Crippen MR) is 311 cm³/mol. The van der Waals surface area contributed by atoms with Crippen LogP contribution in [-0.2, 0) is 33.5 Å². The van der Waals surface area contributed by atoms with Crippen LogP contribution in [0.2, 0.25) is 0 Å². The monoisotopic (exact) mass is 943 g/mol. The van der Waals surface area contributed by atoms with Gasteiger partial charge in [-0.3, -0.25) is 0 Å². The SMILES string of the molecule is Cc1ccc(C(C)(C)CCC(C)(C)N(c2ccc(C(C)(C)C)cc2-c2ccccc2)c2cc(C(C)(C)C)cc(N3c4cc(ccc4C)C=C/C=C\CCc4cc5c(cc43)C(C)(C)CCC5(C)C)c2C)cc1. The van der Waals surface area contributed by atoms with E-state index >= 15 is 0 Å². The molecule has 1 heterocycles. The summed E-state index contributed by atoms with van der Waals surface area (Å²) in [4.78, 5) is 5.47. The Morgan fingerprint density at radius 3 is 1.83 bits per heavy atom. The van der Waals surface area contributed by atoms with Crippen molar-refractivity contribution in [2.75, 3.05) is 9.80 Å². The Morgan fingerprint density at radius 2 is 1.18 bits per heavy atom. The zero-order chi connectivity index (χ0) is 51.5. The summed E-state index contributed by atoms with van der Waals surface area (Å²) in [7, 11) is 0. The average molecular weight is 943 g/mol. The lowest BCUT2D eigenvalue weighted by atomic mass is 9.62. The van der Waals surface area contributed by atoms with Gasteiger partial charge in [0.05, 0.1) is 5.69 Å². The van der Waals surface area contributed by atoms with Crippen LogP contribution in [0.3, 0.4) is 0 Å². The van der Waals surface area contributed by atoms with Gasteiger partial charge in [0.25, 0.3) is 0 Å². The third-order valence-corrected chi connectivity index (χ3v) is 16.6. The first-order valence-corrected chi connectivity index (χ1v) is 26.8. The molecular formula is C69H86N2. The first kappa shape index (κ1) is 51.7. The fourth-order valence-electron chi connectivity index (χ4n) is 11.3. The Hall–Kier alpha value is -5.60. The summed E-state index contributed by atoms with van der Waals surface area (Å²) in [5, 5.41) is 0. The molecule has 0 N–H and O–H groups in total. The van der Waals surface area contributed by atoms with Crippen LogP contribution in [0, 0.1) is 20.8 Å². The van der Waals surface area contributed by atoms with Gasteiger partial charge in [0.1, 0.15) is 0 Å². The minimum absolute atomic E-state index is 0.0234. The lowest BCUT2D eigenvalue weighted by Gasteiger charge is -2.46. The smallest absolute Gasteiger partial charge is 0.0514 e. The lowest BCUT2D eigenvalue weighted by Crippen LogP contribution is -2.43. The Bertz CT molecular complexity index is 2950. The fraction of sp³-hybridized carbons (Fsp3) is 0.420. The molecule has 0 saturated carbocycles. The number of anilines is 5. The second-order valence-electron chi connectivity index (χ2n) is 26.1. The predicted octanol–water partition coefficient (Wildman–Crippen LogP) is 19.9. The third kappa shape index (κ3) is 10.7. The second-order valence-corrected chi connectivity index (χ2v) is 26.1. The van der Waals surface area contributed by atoms with E-state index < -0.39 is 0 Å². The maximum atomic E-state index is 2.77. The molecule has 0 saturated heterocycles. The van der Waals surface area contributed by atoms with Gasteiger partial charge in [-0.05, 0) is 192 Å². The van der Waals surface area contributed by atoms with Crippen molar-refractivity contribution in [3.63, 3.8) is 0 Å². The lowest BCUT2D eigenvalue weighted by molar-refractivity contribution is 0.331. The molecule has 0 radical (unpaired) electrons. The molecule has 6 aromatic rings. The standard InChI is InChI=1S/C69H86N2/c1-47-29-33-53(34-30-47)66(10,11)39-40-69(16,17)71(59-36-35-54(64(4,5)6)43-56(59)51-26-23-20-24-27-51)62-45-55(65(7,8)9)44-61(49(62)3)70-60-41-50(32-31-48(60)2)25-21-18-19-22-28-52-42-57-58(46-63(52)70)68(14,15)38-37-67(57,12)13/h18-21,23-27,29-36,41-46H,22,28,37-40H2,1-17H3/b19-18-,25-21?. The fourth-order valence-corrected chi connectivity index (χ4v) is 11.3. The minimum atomic E-state index is -0.325. The molecule has 71 heavy (non-hydrogen) atoms. The molecule has 1 aliphatic carbocycles. The number of fused-ring (bicyclic) bond motifs is 4. The normalized spacial score (nSPS) is 16.4. The molecule has 0 atom stereocenters. The van der Waals surface area contributed by atoms with Crippen LogP contribution in [0.1, 0.15) is 185 Å². The number of rotatable bonds is 9. The summed E-state index contributed by atoms with van der Waals surface area (Å²) in [5.41, 5.74) is 21.9. The van der Waals surface area contributed by atoms with E-state index in [9.17, 15) is 0 Å². The highest BCUT2D eigenvalue weighted by Gasteiger charge is 2.40. The molecule has 0 amide bonds. The third-order valence-electron chi connectivity index (χ3n) is 16.6. The van der Waals surface area contributed by atoms with Crippen LogP contribution in [0.25, 0.3) is 17.2 Å². The summed E-state index contributed by atoms with van der Waals surface area (Å²) >= 11 is 0. The van der Waals surface area contributed by atoms with E-state index in [0.29, 0.717) is 0 Å². The number of hydrogen-bond acceptors (Lipinski definition) is 2. The average Bonchev–Trinajstić information content (AvgIpc) is 3.30. The number of hydrogen-bond donors (Lipinski definition) is 0. The van der Waals surface area contributed by atoms with E-state index in [1.807, 2.05) is 0 Å². The van der Waals surface area contributed by atoms with E-state index in [0.717, 1.165) is 25.7 Å². The van der Waals surface area contributed by atoms with Crippen LogP contribution in [-0.4, -0.2) is 5.54 Å². The van der Waals surface area contributed by atoms with Crippen molar-refractivity contribution in [3.8, 4) is 11.1 Å². The Kier molecular flexibility index (Phi) is 13.9. The number of nitrogens with zero attached hydrogens (tertiary/aromatic N) is 2. The van der Waals surface area contributed by atoms with Crippen molar-refractivity contribution in [3.05, 3.63) is 189 Å². The van der Waals surface area contributed by atoms with Crippen LogP contribution >= 0.6 is 0 Å². The largest absolute Gasteiger partial charge is 0.335 e. The molecule has 1 aliphatic heterocycles. The number of benzene rings is 6. The van der Waals surface area contributed by atoms with Gasteiger partial charge in [0.15, 0.2) is 0 Å². The summed E-state index contributed by atoms with van der Waals surface area (Å²) < 4.78 is 0. The molecule has 8 rings (SSSR count). The highest BCUT2D eigenvalue weighted by atomic mass is 15.2. The molecular weight excluding hydrogens is 857 g/mol. The van der Waals surface area contributed by atoms with Crippen LogP contribution < -0.4 is 9.80 Å². The van der Waals surface area contributed by atoms with E-state index in [1.54, 1.807) is 0 Å². The molecule has 2 aliphatic rings. The van der Waals surface area contributed by atoms with Crippen LogP contribution in [0.5, 0.6) is 0 Å². The van der Waals surface area contributed by atoms with E-state index in [2.05, 4.69) is 267 Å². The van der Waals surface area contributed by atoms with Gasteiger partial charge < -0.3 is 9.80 Å². The molecule has 2 heteroatoms. The van der Waals surface area contributed by atoms with Crippen molar-refractivity contribution >= 4 is 34.5 Å². The van der Waals surface area contributed by atoms with Crippen molar-refractivity contribution in [1.29, 1.82) is 0 Å². The van der Waals surface area contributed by atoms with Crippen molar-refractivity contribution in [1.82, 2.24) is 0 Å². The molecule has 0 aromatic heterocycles. The van der Waals surface area contributed by atoms with Gasteiger partial charge in [-0.25, -0.2) is 0 Å². The van der Waals surface area contributed by atoms with Gasteiger partial charge in [-0.15, -0.1) is 0 Å². The van der Waals surface area contributed by atoms with Crippen LogP contribution in [0.4, 0.5) is 28.4 Å². The quantitative estimate of drug-likeness (QED) is 0.143. The first-order valence-electron chi connectivity index (χ1n) is 26.8. The molecule has 0 unspecified atom stereocenters. The first-order chi connectivity index (χ1) is 33.2. The molecule has 2 nitrogen and oxygen atoms in total. The van der Waals surface area contributed by atoms with Crippen LogP contribution in [0.15, 0.2) is 133 Å². The molecule has 0 spiro atoms. The molecule has 372 valence electrons. The summed E-state index contributed by atoms with van der Waals surface area (Å²) in [6, 6.07) is 45.2. The zero-order valence-electron chi connectivity index (χ0n) is 46.9. The second kappa shape index (κ2) is 19.1. The van der Waals surface area contributed by atoms with E-state index in [-0.39, 0.29) is 32.6 Å². The summed E-state index contributed by atoms with van der Waals surface area (Å²) in [5.74, 6) is 0. The Balaban J connectivity index is 1.47. The molecule has 0 fully saturated rings. The van der Waals surface area contributed by atoms with Gasteiger partial charge in [0.2, 0.25) is 0 Å². The number of allylic oxidation sites excluding steroid dienone is 3. The van der Waals surface area contributed by atoms with Crippen molar-refractivity contribution in [2.45, 2.75) is 189 Å². The minimum Gasteiger partial charge on any atom is -0.335 e. The van der Waals surface area contributed by atoms with E-state index in [1.165, 1.54) is 108 Å². The zero-order valence-corrected chi connectivity index (χ0v) is 46.9. The summed E-state index contributed by atoms with van der Waals surface area (Å²) in [6.07, 6.45) is 15.4. The maximum absolute atomic E-state index is 2.77. The maximum Gasteiger partial charge on any atom is 0.0514 e. The van der Waals surface area contributed by atoms with Gasteiger partial charge in [-0.2, -0.15) is 0 Å². The highest BCUT2D eigenvalue weighted by molar-refractivity contribution is 5.90. The van der Waals surface area contributed by atoms with Gasteiger partial charge in [0, 0.05) is 33.9 Å². The Labute approximate surface area is 431 Å². The molecule has 6 aromatic carbocycles. The highest BCUT2D eigenvalue weighted by Crippen LogP contribution is 2.54. The van der Waals surface area contributed by atoms with E-state index in [4.69, 9.17) is 0 Å². The van der Waals surface area contributed by atoms with Gasteiger partial charge in [-0.1, -0.05) is 192 Å². The summed E-state index contributed by atoms with van der Waals surface area (Å²) in [6.45, 7) is 40.9. The van der Waals surface area contributed by atoms with Gasteiger partial charge >= 0.3 is 0 Å². The topological polar surface area (TPSA) is 6.48 Å².